The molecule has 2 aromatic rings. The molecule has 0 bridgehead atoms. The van der Waals surface area contributed by atoms with E-state index >= 15 is 0 Å². The average molecular weight is 344 g/mol. The Morgan fingerprint density at radius 1 is 1.25 bits per heavy atom. The van der Waals surface area contributed by atoms with Crippen LogP contribution in [0.1, 0.15) is 54.3 Å². The molecule has 7 heteroatoms. The first kappa shape index (κ1) is 16.6. The molecule has 2 N–H and O–H groups in total. The van der Waals surface area contributed by atoms with Crippen molar-refractivity contribution in [1.29, 1.82) is 0 Å². The zero-order valence-corrected chi connectivity index (χ0v) is 14.5. The maximum absolute atomic E-state index is 12.3. The van der Waals surface area contributed by atoms with Gasteiger partial charge in [0, 0.05) is 12.8 Å². The molecule has 3 rings (SSSR count). The number of nitrogens with one attached hydrogen (secondary N) is 2. The Labute approximate surface area is 144 Å². The highest BCUT2D eigenvalue weighted by atomic mass is 32.1. The van der Waals surface area contributed by atoms with Gasteiger partial charge in [0.25, 0.3) is 0 Å². The van der Waals surface area contributed by atoms with Crippen molar-refractivity contribution in [3.05, 3.63) is 40.4 Å². The summed E-state index contributed by atoms with van der Waals surface area (Å²) in [4.78, 5) is 23.8. The number of rotatable bonds is 6. The summed E-state index contributed by atoms with van der Waals surface area (Å²) in [7, 11) is 0. The topological polar surface area (TPSA) is 84.0 Å². The summed E-state index contributed by atoms with van der Waals surface area (Å²) in [5.41, 5.74) is 2.04. The fourth-order valence-corrected chi connectivity index (χ4v) is 3.36. The predicted molar refractivity (Wildman–Crippen MR) is 92.9 cm³/mol. The average Bonchev–Trinajstić information content (AvgIpc) is 3.27. The lowest BCUT2D eigenvalue weighted by Crippen LogP contribution is -2.29. The molecule has 1 aromatic carbocycles. The first-order valence-corrected chi connectivity index (χ1v) is 8.80. The number of carbonyl (C=O) groups is 2. The van der Waals surface area contributed by atoms with Crippen LogP contribution in [0, 0.1) is 6.92 Å². The zero-order chi connectivity index (χ0) is 17.1. The van der Waals surface area contributed by atoms with Crippen LogP contribution in [0.5, 0.6) is 0 Å². The normalized spacial score (nSPS) is 14.9. The number of aromatic nitrogens is 2. The van der Waals surface area contributed by atoms with Gasteiger partial charge in [-0.3, -0.25) is 9.59 Å². The molecule has 1 aliphatic carbocycles. The van der Waals surface area contributed by atoms with Crippen molar-refractivity contribution in [3.8, 4) is 0 Å². The van der Waals surface area contributed by atoms with Gasteiger partial charge in [-0.15, -0.1) is 10.2 Å². The van der Waals surface area contributed by atoms with Crippen molar-refractivity contribution in [2.24, 2.45) is 0 Å². The highest BCUT2D eigenvalue weighted by molar-refractivity contribution is 7.15. The van der Waals surface area contributed by atoms with Gasteiger partial charge < -0.3 is 10.6 Å². The van der Waals surface area contributed by atoms with Crippen LogP contribution in [0.4, 0.5) is 5.13 Å². The lowest BCUT2D eigenvalue weighted by atomic mass is 10.0. The Hall–Kier alpha value is -2.28. The van der Waals surface area contributed by atoms with E-state index in [1.165, 1.54) is 18.3 Å². The third-order valence-corrected chi connectivity index (χ3v) is 4.86. The summed E-state index contributed by atoms with van der Waals surface area (Å²) in [6, 6.07) is 7.43. The summed E-state index contributed by atoms with van der Waals surface area (Å²) in [5, 5.41) is 15.3. The second-order valence-corrected chi connectivity index (χ2v) is 7.14. The van der Waals surface area contributed by atoms with Gasteiger partial charge in [-0.25, -0.2) is 0 Å². The van der Waals surface area contributed by atoms with Gasteiger partial charge in [-0.05, 0) is 25.3 Å². The van der Waals surface area contributed by atoms with Crippen LogP contribution in [-0.2, 0) is 9.59 Å². The molecule has 0 radical (unpaired) electrons. The fraction of sp³-hybridized carbons (Fsp3) is 0.412. The SMILES string of the molecule is CC(=O)NC(CC(=O)Nc1nnc(C2CC2)s1)c1ccc(C)cc1. The third kappa shape index (κ3) is 4.38. The number of hydrogen-bond acceptors (Lipinski definition) is 5. The first-order chi connectivity index (χ1) is 11.5. The molecule has 6 nitrogen and oxygen atoms in total. The van der Waals surface area contributed by atoms with Gasteiger partial charge in [-0.2, -0.15) is 0 Å². The van der Waals surface area contributed by atoms with E-state index in [1.807, 2.05) is 31.2 Å². The van der Waals surface area contributed by atoms with Gasteiger partial charge >= 0.3 is 0 Å². The van der Waals surface area contributed by atoms with Crippen LogP contribution in [0.25, 0.3) is 0 Å². The van der Waals surface area contributed by atoms with Crippen LogP contribution < -0.4 is 10.6 Å². The van der Waals surface area contributed by atoms with E-state index in [1.54, 1.807) is 0 Å². The molecule has 0 spiro atoms. The Bertz CT molecular complexity index is 737. The van der Waals surface area contributed by atoms with Gasteiger partial charge in [0.05, 0.1) is 12.5 Å². The van der Waals surface area contributed by atoms with E-state index in [4.69, 9.17) is 0 Å². The van der Waals surface area contributed by atoms with Crippen LogP contribution >= 0.6 is 11.3 Å². The number of anilines is 1. The number of benzene rings is 1. The van der Waals surface area contributed by atoms with Crippen LogP contribution in [0.3, 0.4) is 0 Å². The molecule has 24 heavy (non-hydrogen) atoms. The number of aryl methyl sites for hydroxylation is 1. The van der Waals surface area contributed by atoms with E-state index in [-0.39, 0.29) is 24.3 Å². The Morgan fingerprint density at radius 3 is 2.58 bits per heavy atom. The lowest BCUT2D eigenvalue weighted by Gasteiger charge is -2.18. The van der Waals surface area contributed by atoms with Crippen LogP contribution in [0.2, 0.25) is 0 Å². The van der Waals surface area contributed by atoms with E-state index in [9.17, 15) is 9.59 Å². The minimum atomic E-state index is -0.362. The molecular weight excluding hydrogens is 324 g/mol. The second kappa shape index (κ2) is 7.09. The number of nitrogens with zero attached hydrogens (tertiary/aromatic N) is 2. The molecule has 0 aliphatic heterocycles. The predicted octanol–water partition coefficient (Wildman–Crippen LogP) is 2.93. The molecule has 1 fully saturated rings. The largest absolute Gasteiger partial charge is 0.349 e. The standard InChI is InChI=1S/C17H20N4O2S/c1-10-3-5-12(6-4-10)14(18-11(2)22)9-15(23)19-17-21-20-16(24-17)13-7-8-13/h3-6,13-14H,7-9H2,1-2H3,(H,18,22)(H,19,21,23). The van der Waals surface area contributed by atoms with Crippen molar-refractivity contribution in [2.45, 2.75) is 45.1 Å². The molecule has 1 atom stereocenters. The van der Waals surface area contributed by atoms with Crippen LogP contribution in [-0.4, -0.2) is 22.0 Å². The molecule has 1 heterocycles. The first-order valence-electron chi connectivity index (χ1n) is 7.98. The van der Waals surface area contributed by atoms with Crippen molar-refractivity contribution in [2.75, 3.05) is 5.32 Å². The zero-order valence-electron chi connectivity index (χ0n) is 13.7. The number of amides is 2. The van der Waals surface area contributed by atoms with Gasteiger partial charge in [0.2, 0.25) is 16.9 Å². The highest BCUT2D eigenvalue weighted by Gasteiger charge is 2.28. The Morgan fingerprint density at radius 2 is 1.96 bits per heavy atom. The summed E-state index contributed by atoms with van der Waals surface area (Å²) in [5.74, 6) is 0.168. The Kier molecular flexibility index (Phi) is 4.89. The molecular formula is C17H20N4O2S. The molecule has 1 aromatic heterocycles. The maximum Gasteiger partial charge on any atom is 0.228 e. The highest BCUT2D eigenvalue weighted by Crippen LogP contribution is 2.42. The molecule has 1 aliphatic rings. The summed E-state index contributed by atoms with van der Waals surface area (Å²) >= 11 is 1.43. The van der Waals surface area contributed by atoms with Crippen LogP contribution in [0.15, 0.2) is 24.3 Å². The van der Waals surface area contributed by atoms with E-state index < -0.39 is 0 Å². The van der Waals surface area contributed by atoms with E-state index in [0.717, 1.165) is 29.0 Å². The summed E-state index contributed by atoms with van der Waals surface area (Å²) in [6.45, 7) is 3.45. The second-order valence-electron chi connectivity index (χ2n) is 6.14. The fourth-order valence-electron chi connectivity index (χ4n) is 2.43. The number of hydrogen-bond donors (Lipinski definition) is 2. The minimum Gasteiger partial charge on any atom is -0.349 e. The lowest BCUT2D eigenvalue weighted by molar-refractivity contribution is -0.120. The maximum atomic E-state index is 12.3. The third-order valence-electron chi connectivity index (χ3n) is 3.86. The monoisotopic (exact) mass is 344 g/mol. The van der Waals surface area contributed by atoms with Gasteiger partial charge in [-0.1, -0.05) is 41.2 Å². The summed E-state index contributed by atoms with van der Waals surface area (Å²) in [6.07, 6.45) is 2.46. The quantitative estimate of drug-likeness (QED) is 0.844. The van der Waals surface area contributed by atoms with Gasteiger partial charge in [0.1, 0.15) is 5.01 Å². The van der Waals surface area contributed by atoms with Crippen molar-refractivity contribution in [3.63, 3.8) is 0 Å². The molecule has 2 amide bonds. The molecule has 126 valence electrons. The van der Waals surface area contributed by atoms with E-state index in [2.05, 4.69) is 20.8 Å². The minimum absolute atomic E-state index is 0.154. The smallest absolute Gasteiger partial charge is 0.228 e. The number of carbonyl (C=O) groups excluding carboxylic acids is 2. The van der Waals surface area contributed by atoms with Crippen molar-refractivity contribution in [1.82, 2.24) is 15.5 Å². The van der Waals surface area contributed by atoms with E-state index in [0.29, 0.717) is 11.0 Å². The van der Waals surface area contributed by atoms with Crippen molar-refractivity contribution < 1.29 is 9.59 Å². The Balaban J connectivity index is 1.65. The molecule has 0 saturated heterocycles. The van der Waals surface area contributed by atoms with Crippen molar-refractivity contribution >= 4 is 28.3 Å². The van der Waals surface area contributed by atoms with Gasteiger partial charge in [0.15, 0.2) is 0 Å². The molecule has 1 saturated carbocycles. The molecule has 1 unspecified atom stereocenters. The summed E-state index contributed by atoms with van der Waals surface area (Å²) < 4.78 is 0.